The Bertz CT molecular complexity index is 630. The molecule has 1 saturated heterocycles. The van der Waals surface area contributed by atoms with E-state index in [1.165, 1.54) is 12.1 Å². The maximum Gasteiger partial charge on any atom is 0.190 e. The highest BCUT2D eigenvalue weighted by Gasteiger charge is 2.23. The summed E-state index contributed by atoms with van der Waals surface area (Å²) in [7, 11) is 3.57. The summed E-state index contributed by atoms with van der Waals surface area (Å²) >= 11 is 0. The van der Waals surface area contributed by atoms with Gasteiger partial charge < -0.3 is 20.3 Å². The van der Waals surface area contributed by atoms with E-state index in [9.17, 15) is 0 Å². The van der Waals surface area contributed by atoms with Gasteiger partial charge in [-0.15, -0.1) is 24.0 Å². The van der Waals surface area contributed by atoms with Crippen LogP contribution in [0.3, 0.4) is 0 Å². The van der Waals surface area contributed by atoms with Gasteiger partial charge in [0.05, 0.1) is 7.11 Å². The highest BCUT2D eigenvalue weighted by atomic mass is 127. The quantitative estimate of drug-likeness (QED) is 0.208. The van der Waals surface area contributed by atoms with E-state index in [2.05, 4.69) is 71.3 Å². The number of benzene rings is 1. The van der Waals surface area contributed by atoms with Crippen molar-refractivity contribution in [1.29, 1.82) is 0 Å². The fourth-order valence-corrected chi connectivity index (χ4v) is 4.08. The van der Waals surface area contributed by atoms with E-state index >= 15 is 0 Å². The monoisotopic (exact) mass is 531 g/mol. The van der Waals surface area contributed by atoms with Gasteiger partial charge in [0.1, 0.15) is 5.75 Å². The number of ether oxygens (including phenoxy) is 1. The summed E-state index contributed by atoms with van der Waals surface area (Å²) in [4.78, 5) is 9.36. The summed E-state index contributed by atoms with van der Waals surface area (Å²) in [5.41, 5.74) is 1.24. The zero-order chi connectivity index (χ0) is 21.2. The predicted octanol–water partition coefficient (Wildman–Crippen LogP) is 3.81. The molecule has 6 nitrogen and oxygen atoms in total. The molecule has 1 aromatic rings. The Morgan fingerprint density at radius 3 is 2.60 bits per heavy atom. The number of aliphatic imine (C=N–C) groups is 1. The van der Waals surface area contributed by atoms with Gasteiger partial charge >= 0.3 is 0 Å². The average molecular weight is 532 g/mol. The molecule has 1 fully saturated rings. The number of halogens is 1. The maximum absolute atomic E-state index is 5.36. The second-order valence-corrected chi connectivity index (χ2v) is 8.46. The molecule has 1 heterocycles. The number of hydrogen-bond acceptors (Lipinski definition) is 4. The summed E-state index contributed by atoms with van der Waals surface area (Å²) in [6, 6.07) is 9.51. The third-order valence-corrected chi connectivity index (χ3v) is 5.70. The molecule has 1 unspecified atom stereocenters. The molecule has 1 aromatic carbocycles. The van der Waals surface area contributed by atoms with Crippen molar-refractivity contribution in [3.63, 3.8) is 0 Å². The average Bonchev–Trinajstić information content (AvgIpc) is 3.18. The summed E-state index contributed by atoms with van der Waals surface area (Å²) in [5, 5.41) is 6.98. The van der Waals surface area contributed by atoms with Gasteiger partial charge in [-0.1, -0.05) is 6.07 Å². The van der Waals surface area contributed by atoms with E-state index < -0.39 is 0 Å². The van der Waals surface area contributed by atoms with E-state index in [1.807, 2.05) is 13.1 Å². The fraction of sp³-hybridized carbons (Fsp3) is 0.696. The highest BCUT2D eigenvalue weighted by Crippen LogP contribution is 2.26. The predicted molar refractivity (Wildman–Crippen MR) is 140 cm³/mol. The molecule has 7 heteroatoms. The van der Waals surface area contributed by atoms with Gasteiger partial charge in [0.15, 0.2) is 5.96 Å². The molecule has 2 N–H and O–H groups in total. The van der Waals surface area contributed by atoms with Gasteiger partial charge in [0, 0.05) is 63.6 Å². The largest absolute Gasteiger partial charge is 0.497 e. The number of anilines is 1. The number of nitrogens with one attached hydrogen (secondary N) is 2. The lowest BCUT2D eigenvalue weighted by Crippen LogP contribution is -2.42. The van der Waals surface area contributed by atoms with Crippen LogP contribution in [0.5, 0.6) is 5.75 Å². The molecule has 172 valence electrons. The zero-order valence-corrected chi connectivity index (χ0v) is 22.0. The molecule has 1 aliphatic heterocycles. The molecule has 1 aliphatic rings. The van der Waals surface area contributed by atoms with Crippen LogP contribution in [0, 0.1) is 5.92 Å². The second kappa shape index (κ2) is 14.0. The molecule has 30 heavy (non-hydrogen) atoms. The Morgan fingerprint density at radius 2 is 1.97 bits per heavy atom. The third-order valence-electron chi connectivity index (χ3n) is 5.70. The summed E-state index contributed by atoms with van der Waals surface area (Å²) in [6.07, 6.45) is 2.31. The van der Waals surface area contributed by atoms with Gasteiger partial charge in [-0.3, -0.25) is 9.89 Å². The van der Waals surface area contributed by atoms with E-state index in [1.54, 1.807) is 7.11 Å². The topological polar surface area (TPSA) is 52.1 Å². The van der Waals surface area contributed by atoms with Crippen molar-refractivity contribution in [2.24, 2.45) is 10.9 Å². The van der Waals surface area contributed by atoms with Gasteiger partial charge in [-0.05, 0) is 58.6 Å². The number of nitrogens with zero attached hydrogens (tertiary/aromatic N) is 3. The first-order valence-corrected chi connectivity index (χ1v) is 11.0. The Hall–Kier alpha value is -1.22. The van der Waals surface area contributed by atoms with Crippen LogP contribution in [0.2, 0.25) is 0 Å². The Balaban J connectivity index is 0.00000450. The Morgan fingerprint density at radius 1 is 1.23 bits per heavy atom. The molecule has 0 amide bonds. The van der Waals surface area contributed by atoms with Crippen LogP contribution in [0.15, 0.2) is 29.3 Å². The minimum absolute atomic E-state index is 0. The first-order chi connectivity index (χ1) is 13.9. The number of methoxy groups -OCH3 is 1. The molecule has 0 aromatic heterocycles. The minimum Gasteiger partial charge on any atom is -0.497 e. The molecule has 0 radical (unpaired) electrons. The van der Waals surface area contributed by atoms with Gasteiger partial charge in [-0.2, -0.15) is 0 Å². The van der Waals surface area contributed by atoms with Gasteiger partial charge in [-0.25, -0.2) is 0 Å². The molecule has 0 spiro atoms. The molecular weight excluding hydrogens is 489 g/mol. The van der Waals surface area contributed by atoms with Crippen LogP contribution in [0.4, 0.5) is 5.69 Å². The normalized spacial score (nSPS) is 16.9. The molecular formula is C23H42IN5O. The van der Waals surface area contributed by atoms with E-state index in [-0.39, 0.29) is 24.0 Å². The number of hydrogen-bond donors (Lipinski definition) is 2. The van der Waals surface area contributed by atoms with Gasteiger partial charge in [0.2, 0.25) is 0 Å². The summed E-state index contributed by atoms with van der Waals surface area (Å²) < 4.78 is 5.36. The van der Waals surface area contributed by atoms with Crippen molar-refractivity contribution in [2.75, 3.05) is 51.8 Å². The van der Waals surface area contributed by atoms with Crippen molar-refractivity contribution in [2.45, 2.75) is 52.6 Å². The molecule has 0 aliphatic carbocycles. The lowest BCUT2D eigenvalue weighted by Gasteiger charge is -2.30. The van der Waals surface area contributed by atoms with Crippen LogP contribution in [0.25, 0.3) is 0 Å². The van der Waals surface area contributed by atoms with Crippen LogP contribution >= 0.6 is 24.0 Å². The van der Waals surface area contributed by atoms with Crippen LogP contribution in [-0.2, 0) is 0 Å². The standard InChI is InChI=1S/C23H41N5O.HI/c1-18(2)28(19(3)4)13-8-12-25-23(24-5)26-16-20-11-14-27(17-20)21-9-7-10-22(15-21)29-6;/h7,9-10,15,18-20H,8,11-14,16-17H2,1-6H3,(H2,24,25,26);1H. The lowest BCUT2D eigenvalue weighted by atomic mass is 10.1. The van der Waals surface area contributed by atoms with Crippen molar-refractivity contribution < 1.29 is 4.74 Å². The van der Waals surface area contributed by atoms with E-state index in [0.29, 0.717) is 18.0 Å². The number of guanidine groups is 1. The Kier molecular flexibility index (Phi) is 12.5. The number of rotatable bonds is 10. The maximum atomic E-state index is 5.36. The Labute approximate surface area is 200 Å². The first kappa shape index (κ1) is 26.8. The van der Waals surface area contributed by atoms with Crippen LogP contribution in [0.1, 0.15) is 40.5 Å². The first-order valence-electron chi connectivity index (χ1n) is 11.0. The fourth-order valence-electron chi connectivity index (χ4n) is 4.08. The summed E-state index contributed by atoms with van der Waals surface area (Å²) in [5.74, 6) is 2.45. The molecule has 0 bridgehead atoms. The SMILES string of the molecule is CN=C(NCCCN(C(C)C)C(C)C)NCC1CCN(c2cccc(OC)c2)C1.I. The van der Waals surface area contributed by atoms with Crippen molar-refractivity contribution in [3.8, 4) is 5.75 Å². The highest BCUT2D eigenvalue weighted by molar-refractivity contribution is 14.0. The smallest absolute Gasteiger partial charge is 0.190 e. The van der Waals surface area contributed by atoms with E-state index in [0.717, 1.165) is 50.9 Å². The zero-order valence-electron chi connectivity index (χ0n) is 19.6. The second-order valence-electron chi connectivity index (χ2n) is 8.46. The van der Waals surface area contributed by atoms with Crippen molar-refractivity contribution in [3.05, 3.63) is 24.3 Å². The van der Waals surface area contributed by atoms with Crippen molar-refractivity contribution in [1.82, 2.24) is 15.5 Å². The van der Waals surface area contributed by atoms with Crippen LogP contribution < -0.4 is 20.3 Å². The third kappa shape index (κ3) is 8.49. The summed E-state index contributed by atoms with van der Waals surface area (Å²) in [6.45, 7) is 14.2. The molecule has 2 rings (SSSR count). The van der Waals surface area contributed by atoms with E-state index in [4.69, 9.17) is 4.74 Å². The molecule has 1 atom stereocenters. The van der Waals surface area contributed by atoms with Crippen LogP contribution in [-0.4, -0.2) is 69.8 Å². The lowest BCUT2D eigenvalue weighted by molar-refractivity contribution is 0.173. The molecule has 0 saturated carbocycles. The minimum atomic E-state index is 0. The van der Waals surface area contributed by atoms with Crippen molar-refractivity contribution >= 4 is 35.6 Å². The van der Waals surface area contributed by atoms with Gasteiger partial charge in [0.25, 0.3) is 0 Å².